The van der Waals surface area contributed by atoms with Gasteiger partial charge in [0.15, 0.2) is 0 Å². The van der Waals surface area contributed by atoms with Gasteiger partial charge in [0.2, 0.25) is 0 Å². The molecule has 1 aromatic rings. The minimum Gasteiger partial charge on any atom is -0.270 e. The Hall–Kier alpha value is 0.284. The molecule has 0 aliphatic rings. The van der Waals surface area contributed by atoms with Crippen molar-refractivity contribution in [3.63, 3.8) is 0 Å². The molecule has 0 aliphatic carbocycles. The van der Waals surface area contributed by atoms with Gasteiger partial charge in [-0.2, -0.15) is 5.38 Å². The largest absolute Gasteiger partial charge is 0.270 e. The van der Waals surface area contributed by atoms with E-state index in [1.807, 2.05) is 0 Å². The third-order valence-corrected chi connectivity index (χ3v) is 1.71. The molecule has 1 aromatic heterocycles. The Morgan fingerprint density at radius 2 is 2.12 bits per heavy atom. The van der Waals surface area contributed by atoms with Crippen LogP contribution in [0.5, 0.6) is 0 Å². The molecule has 0 saturated carbocycles. The van der Waals surface area contributed by atoms with Gasteiger partial charge in [-0.25, -0.2) is 11.6 Å². The topological polar surface area (TPSA) is 0 Å². The molecule has 1 radical (unpaired) electrons. The van der Waals surface area contributed by atoms with Crippen molar-refractivity contribution in [2.75, 3.05) is 0 Å². The quantitative estimate of drug-likeness (QED) is 0.513. The van der Waals surface area contributed by atoms with E-state index in [0.29, 0.717) is 0 Å². The standard InChI is InChI=1S/C6H7S.V/c1-5-3-6(2)7-4-5;/h4H,1-2H3;/q-1;. The van der Waals surface area contributed by atoms with Crippen LogP contribution in [-0.4, -0.2) is 0 Å². The maximum Gasteiger partial charge on any atom is 0 e. The number of hydrogen-bond donors (Lipinski definition) is 0. The zero-order chi connectivity index (χ0) is 5.28. The van der Waals surface area contributed by atoms with Crippen molar-refractivity contribution >= 4 is 11.3 Å². The molecule has 0 aliphatic heterocycles. The minimum atomic E-state index is 0. The van der Waals surface area contributed by atoms with Crippen LogP contribution in [0.4, 0.5) is 0 Å². The SMILES string of the molecule is Cc1[c-]c(C)sc1.[V]. The fourth-order valence-corrected chi connectivity index (χ4v) is 1.15. The van der Waals surface area contributed by atoms with E-state index in [1.54, 1.807) is 11.3 Å². The predicted octanol–water partition coefficient (Wildman–Crippen LogP) is 2.16. The van der Waals surface area contributed by atoms with E-state index in [0.717, 1.165) is 0 Å². The summed E-state index contributed by atoms with van der Waals surface area (Å²) in [5.41, 5.74) is 1.25. The first-order valence-electron chi connectivity index (χ1n) is 2.23. The first-order valence-corrected chi connectivity index (χ1v) is 3.11. The monoisotopic (exact) mass is 162 g/mol. The first-order chi connectivity index (χ1) is 3.29. The summed E-state index contributed by atoms with van der Waals surface area (Å²) in [5, 5.41) is 2.11. The van der Waals surface area contributed by atoms with E-state index < -0.39 is 0 Å². The van der Waals surface area contributed by atoms with Crippen LogP contribution in [0.3, 0.4) is 0 Å². The Kier molecular flexibility index (Phi) is 3.46. The van der Waals surface area contributed by atoms with Gasteiger partial charge in [-0.1, -0.05) is 6.92 Å². The van der Waals surface area contributed by atoms with Gasteiger partial charge >= 0.3 is 0 Å². The molecule has 1 rings (SSSR count). The number of thiophene rings is 1. The molecule has 0 unspecified atom stereocenters. The molecule has 0 spiro atoms. The van der Waals surface area contributed by atoms with Gasteiger partial charge in [0, 0.05) is 18.6 Å². The Balaban J connectivity index is 0.000000490. The van der Waals surface area contributed by atoms with Crippen LogP contribution >= 0.6 is 11.3 Å². The van der Waals surface area contributed by atoms with E-state index in [-0.39, 0.29) is 18.6 Å². The van der Waals surface area contributed by atoms with Crippen molar-refractivity contribution < 1.29 is 18.6 Å². The van der Waals surface area contributed by atoms with Crippen LogP contribution < -0.4 is 0 Å². The van der Waals surface area contributed by atoms with Crippen molar-refractivity contribution in [2.45, 2.75) is 13.8 Å². The summed E-state index contributed by atoms with van der Waals surface area (Å²) in [4.78, 5) is 1.28. The average molecular weight is 162 g/mol. The molecule has 0 aromatic carbocycles. The van der Waals surface area contributed by atoms with Gasteiger partial charge < -0.3 is 0 Å². The molecule has 8 heavy (non-hydrogen) atoms. The fourth-order valence-electron chi connectivity index (χ4n) is 0.513. The van der Waals surface area contributed by atoms with Crippen LogP contribution in [0, 0.1) is 19.9 Å². The maximum absolute atomic E-state index is 3.16. The number of aryl methyl sites for hydroxylation is 2. The summed E-state index contributed by atoms with van der Waals surface area (Å²) in [6.07, 6.45) is 0. The second-order valence-electron chi connectivity index (χ2n) is 1.60. The molecule has 0 fully saturated rings. The van der Waals surface area contributed by atoms with Gasteiger partial charge in [0.25, 0.3) is 0 Å². The van der Waals surface area contributed by atoms with Gasteiger partial charge in [0.1, 0.15) is 0 Å². The van der Waals surface area contributed by atoms with Crippen LogP contribution in [0.1, 0.15) is 10.4 Å². The molecule has 0 amide bonds. The average Bonchev–Trinajstić information content (AvgIpc) is 1.87. The number of hydrogen-bond acceptors (Lipinski definition) is 1. The minimum absolute atomic E-state index is 0. The van der Waals surface area contributed by atoms with Gasteiger partial charge in [-0.15, -0.1) is 4.88 Å². The molecule has 0 N–H and O–H groups in total. The van der Waals surface area contributed by atoms with Gasteiger partial charge in [0.05, 0.1) is 0 Å². The molecular formula is C6H7SV-. The zero-order valence-corrected chi connectivity index (χ0v) is 7.15. The van der Waals surface area contributed by atoms with E-state index in [9.17, 15) is 0 Å². The third kappa shape index (κ3) is 2.04. The summed E-state index contributed by atoms with van der Waals surface area (Å²) in [6, 6.07) is 3.16. The molecule has 43 valence electrons. The van der Waals surface area contributed by atoms with Crippen LogP contribution in [0.2, 0.25) is 0 Å². The van der Waals surface area contributed by atoms with Crippen LogP contribution in [0.25, 0.3) is 0 Å². The summed E-state index contributed by atoms with van der Waals surface area (Å²) < 4.78 is 0. The Labute approximate surface area is 65.8 Å². The van der Waals surface area contributed by atoms with Crippen molar-refractivity contribution in [1.82, 2.24) is 0 Å². The summed E-state index contributed by atoms with van der Waals surface area (Å²) in [7, 11) is 0. The molecule has 2 heteroatoms. The summed E-state index contributed by atoms with van der Waals surface area (Å²) in [6.45, 7) is 4.13. The van der Waals surface area contributed by atoms with Crippen molar-refractivity contribution in [3.8, 4) is 0 Å². The zero-order valence-electron chi connectivity index (χ0n) is 4.93. The molecular weight excluding hydrogens is 155 g/mol. The van der Waals surface area contributed by atoms with E-state index >= 15 is 0 Å². The Morgan fingerprint density at radius 1 is 1.50 bits per heavy atom. The normalized spacial score (nSPS) is 8.25. The summed E-state index contributed by atoms with van der Waals surface area (Å²) in [5.74, 6) is 0. The van der Waals surface area contributed by atoms with Crippen molar-refractivity contribution in [2.24, 2.45) is 0 Å². The molecule has 0 saturated heterocycles. The third-order valence-electron chi connectivity index (χ3n) is 0.786. The predicted molar refractivity (Wildman–Crippen MR) is 32.6 cm³/mol. The number of rotatable bonds is 0. The van der Waals surface area contributed by atoms with E-state index in [2.05, 4.69) is 25.3 Å². The Morgan fingerprint density at radius 3 is 2.25 bits per heavy atom. The Bertz CT molecular complexity index is 141. The van der Waals surface area contributed by atoms with Crippen LogP contribution in [-0.2, 0) is 18.6 Å². The van der Waals surface area contributed by atoms with Crippen molar-refractivity contribution in [1.29, 1.82) is 0 Å². The molecule has 1 heterocycles. The molecule has 0 nitrogen and oxygen atoms in total. The van der Waals surface area contributed by atoms with E-state index in [4.69, 9.17) is 0 Å². The molecule has 0 bridgehead atoms. The van der Waals surface area contributed by atoms with Gasteiger partial charge in [-0.3, -0.25) is 11.3 Å². The maximum atomic E-state index is 3.16. The summed E-state index contributed by atoms with van der Waals surface area (Å²) >= 11 is 1.75. The van der Waals surface area contributed by atoms with Gasteiger partial charge in [-0.05, 0) is 6.92 Å². The van der Waals surface area contributed by atoms with E-state index in [1.165, 1.54) is 10.4 Å². The molecule has 0 atom stereocenters. The smallest absolute Gasteiger partial charge is 0 e. The fraction of sp³-hybridized carbons (Fsp3) is 0.333. The first kappa shape index (κ1) is 8.28. The van der Waals surface area contributed by atoms with Crippen molar-refractivity contribution in [3.05, 3.63) is 21.9 Å². The second-order valence-corrected chi connectivity index (χ2v) is 2.68. The second kappa shape index (κ2) is 3.34. The van der Waals surface area contributed by atoms with Crippen LogP contribution in [0.15, 0.2) is 5.38 Å².